The zero-order valence-corrected chi connectivity index (χ0v) is 28.7. The fourth-order valence-corrected chi connectivity index (χ4v) is 6.20. The minimum Gasteiger partial charge on any atom is -0.390 e. The van der Waals surface area contributed by atoms with Crippen LogP contribution in [0, 0.1) is 0 Å². The Labute approximate surface area is 287 Å². The fraction of sp³-hybridized carbons (Fsp3) is 0.263. The van der Waals surface area contributed by atoms with Crippen molar-refractivity contribution < 1.29 is 23.1 Å². The first-order valence-corrected chi connectivity index (χ1v) is 18.1. The van der Waals surface area contributed by atoms with Crippen LogP contribution >= 0.6 is 0 Å². The molecule has 3 unspecified atom stereocenters. The van der Waals surface area contributed by atoms with Gasteiger partial charge in [0.2, 0.25) is 10.0 Å². The number of hydrogen-bond donors (Lipinski definition) is 5. The van der Waals surface area contributed by atoms with Crippen molar-refractivity contribution in [3.63, 3.8) is 0 Å². The highest BCUT2D eigenvalue weighted by atomic mass is 32.2. The number of H-pyrrole nitrogens is 1. The summed E-state index contributed by atoms with van der Waals surface area (Å²) >= 11 is 0. The smallest absolute Gasteiger partial charge is 0.251 e. The minimum atomic E-state index is -3.71. The number of carbonyl (C=O) groups excluding carboxylic acids is 2. The number of carbonyl (C=O) groups is 2. The van der Waals surface area contributed by atoms with Gasteiger partial charge in [0.25, 0.3) is 11.8 Å². The van der Waals surface area contributed by atoms with Gasteiger partial charge in [-0.05, 0) is 67.3 Å². The fourth-order valence-electron chi connectivity index (χ4n) is 5.71. The lowest BCUT2D eigenvalue weighted by Gasteiger charge is -2.25. The van der Waals surface area contributed by atoms with Gasteiger partial charge in [-0.1, -0.05) is 78.9 Å². The molecule has 0 spiro atoms. The number of nitrogens with zero attached hydrogens (tertiary/aromatic N) is 1. The van der Waals surface area contributed by atoms with Gasteiger partial charge in [-0.3, -0.25) is 13.9 Å². The number of sulfonamides is 1. The van der Waals surface area contributed by atoms with Crippen LogP contribution in [0.25, 0.3) is 10.9 Å². The van der Waals surface area contributed by atoms with Crippen LogP contribution in [0.4, 0.5) is 5.69 Å². The second-order valence-electron chi connectivity index (χ2n) is 12.3. The summed E-state index contributed by atoms with van der Waals surface area (Å²) in [4.78, 5) is 30.6. The molecule has 5 N–H and O–H groups in total. The third kappa shape index (κ3) is 9.35. The van der Waals surface area contributed by atoms with E-state index in [2.05, 4.69) is 27.0 Å². The third-order valence-corrected chi connectivity index (χ3v) is 9.84. The largest absolute Gasteiger partial charge is 0.390 e. The molecule has 0 aliphatic rings. The van der Waals surface area contributed by atoms with Crippen LogP contribution in [-0.4, -0.2) is 68.9 Å². The van der Waals surface area contributed by atoms with Crippen LogP contribution in [0.5, 0.6) is 0 Å². The molecule has 256 valence electrons. The van der Waals surface area contributed by atoms with Crippen molar-refractivity contribution in [2.24, 2.45) is 0 Å². The molecular weight excluding hydrogens is 639 g/mol. The zero-order valence-electron chi connectivity index (χ0n) is 27.9. The molecule has 0 saturated heterocycles. The number of amides is 2. The first-order valence-electron chi connectivity index (χ1n) is 16.2. The van der Waals surface area contributed by atoms with E-state index in [0.29, 0.717) is 13.0 Å². The van der Waals surface area contributed by atoms with Gasteiger partial charge in [0, 0.05) is 41.8 Å². The summed E-state index contributed by atoms with van der Waals surface area (Å²) in [7, 11) is -2.34. The van der Waals surface area contributed by atoms with Crippen LogP contribution in [0.2, 0.25) is 0 Å². The van der Waals surface area contributed by atoms with Gasteiger partial charge in [-0.25, -0.2) is 8.42 Å². The lowest BCUT2D eigenvalue weighted by molar-refractivity contribution is 0.0831. The molecule has 0 aliphatic heterocycles. The van der Waals surface area contributed by atoms with E-state index in [0.717, 1.165) is 39.0 Å². The molecule has 5 aromatic rings. The predicted octanol–water partition coefficient (Wildman–Crippen LogP) is 4.59. The van der Waals surface area contributed by atoms with Crippen LogP contribution in [-0.2, 0) is 22.9 Å². The number of nitrogens with one attached hydrogen (secondary N) is 4. The molecular formula is C38H43N5O5S. The minimum absolute atomic E-state index is 0.0862. The van der Waals surface area contributed by atoms with E-state index in [-0.39, 0.29) is 29.4 Å². The van der Waals surface area contributed by atoms with Gasteiger partial charge in [0.1, 0.15) is 0 Å². The molecule has 1 aromatic heterocycles. The van der Waals surface area contributed by atoms with Crippen LogP contribution in [0.3, 0.4) is 0 Å². The highest BCUT2D eigenvalue weighted by Gasteiger charge is 2.25. The average molecular weight is 682 g/mol. The Morgan fingerprint density at radius 2 is 1.47 bits per heavy atom. The number of aliphatic hydroxyl groups excluding tert-OH is 1. The monoisotopic (exact) mass is 681 g/mol. The van der Waals surface area contributed by atoms with Crippen LogP contribution in [0.15, 0.2) is 109 Å². The average Bonchev–Trinajstić information content (AvgIpc) is 3.52. The molecule has 11 heteroatoms. The number of rotatable bonds is 15. The van der Waals surface area contributed by atoms with Gasteiger partial charge < -0.3 is 26.0 Å². The summed E-state index contributed by atoms with van der Waals surface area (Å²) in [5.41, 5.74) is 4.43. The van der Waals surface area contributed by atoms with Gasteiger partial charge in [-0.15, -0.1) is 0 Å². The number of aromatic amines is 1. The molecule has 1 heterocycles. The van der Waals surface area contributed by atoms with Gasteiger partial charge >= 0.3 is 0 Å². The van der Waals surface area contributed by atoms with Crippen LogP contribution < -0.4 is 20.3 Å². The van der Waals surface area contributed by atoms with E-state index in [9.17, 15) is 23.1 Å². The van der Waals surface area contributed by atoms with Crippen molar-refractivity contribution in [3.05, 3.63) is 137 Å². The number of aliphatic hydroxyl groups is 1. The Morgan fingerprint density at radius 1 is 0.857 bits per heavy atom. The van der Waals surface area contributed by atoms with Gasteiger partial charge in [-0.2, -0.15) is 0 Å². The summed E-state index contributed by atoms with van der Waals surface area (Å²) < 4.78 is 26.0. The number of anilines is 1. The zero-order chi connectivity index (χ0) is 35.0. The molecule has 3 atom stereocenters. The van der Waals surface area contributed by atoms with Crippen molar-refractivity contribution in [1.82, 2.24) is 20.9 Å². The lowest BCUT2D eigenvalue weighted by atomic mass is 10.00. The lowest BCUT2D eigenvalue weighted by Crippen LogP contribution is -2.49. The molecule has 0 fully saturated rings. The van der Waals surface area contributed by atoms with Crippen molar-refractivity contribution in [2.75, 3.05) is 30.7 Å². The summed E-state index contributed by atoms with van der Waals surface area (Å²) in [6, 6.07) is 30.3. The number of hydrogen-bond acceptors (Lipinski definition) is 6. The van der Waals surface area contributed by atoms with Gasteiger partial charge in [0.15, 0.2) is 0 Å². The number of benzene rings is 4. The molecule has 0 saturated carbocycles. The maximum Gasteiger partial charge on any atom is 0.251 e. The number of fused-ring (bicyclic) bond motifs is 1. The van der Waals surface area contributed by atoms with Crippen LogP contribution in [0.1, 0.15) is 50.4 Å². The standard InChI is InChI=1S/C38H43N5O5S/c1-26(28-14-8-5-9-15-28)41-37(45)30-21-31(23-32(22-30)43(2)49(3,47)48)38(46)42-35(20-27-12-6-4-7-13-27)36(44)25-39-19-18-29-24-40-34-17-11-10-16-33(29)34/h4-17,21-24,26,35-36,39-40,44H,18-20,25H2,1-3H3,(H,41,45)(H,42,46). The molecule has 0 bridgehead atoms. The number of para-hydroxylation sites is 1. The van der Waals surface area contributed by atoms with E-state index in [1.165, 1.54) is 30.8 Å². The Balaban J connectivity index is 1.34. The first kappa shape index (κ1) is 35.3. The Kier molecular flexibility index (Phi) is 11.5. The first-order chi connectivity index (χ1) is 23.5. The van der Waals surface area contributed by atoms with Crippen molar-refractivity contribution in [1.29, 1.82) is 0 Å². The van der Waals surface area contributed by atoms with Crippen molar-refractivity contribution >= 4 is 38.4 Å². The Bertz CT molecular complexity index is 1980. The number of aromatic nitrogens is 1. The SMILES string of the molecule is CC(NC(=O)c1cc(C(=O)NC(Cc2ccccc2)C(O)CNCCc2c[nH]c3ccccc23)cc(N(C)S(C)(=O)=O)c1)c1ccccc1. The maximum atomic E-state index is 13.9. The van der Waals surface area contributed by atoms with Crippen molar-refractivity contribution in [3.8, 4) is 0 Å². The Hall–Kier alpha value is -4.97. The quantitative estimate of drug-likeness (QED) is 0.102. The summed E-state index contributed by atoms with van der Waals surface area (Å²) in [6.45, 7) is 2.68. The van der Waals surface area contributed by atoms with E-state index in [1.54, 1.807) is 0 Å². The summed E-state index contributed by atoms with van der Waals surface area (Å²) in [5, 5.41) is 21.7. The summed E-state index contributed by atoms with van der Waals surface area (Å²) in [5.74, 6) is -1.01. The van der Waals surface area contributed by atoms with Gasteiger partial charge in [0.05, 0.1) is 30.1 Å². The predicted molar refractivity (Wildman–Crippen MR) is 194 cm³/mol. The topological polar surface area (TPSA) is 144 Å². The Morgan fingerprint density at radius 3 is 2.14 bits per heavy atom. The highest BCUT2D eigenvalue weighted by Crippen LogP contribution is 2.23. The molecule has 5 rings (SSSR count). The third-order valence-electron chi connectivity index (χ3n) is 8.63. The van der Waals surface area contributed by atoms with E-state index in [1.807, 2.05) is 92.0 Å². The molecule has 0 radical (unpaired) electrons. The van der Waals surface area contributed by atoms with Crippen molar-refractivity contribution in [2.45, 2.75) is 38.0 Å². The molecule has 49 heavy (non-hydrogen) atoms. The molecule has 4 aromatic carbocycles. The summed E-state index contributed by atoms with van der Waals surface area (Å²) in [6.07, 6.45) is 3.19. The highest BCUT2D eigenvalue weighted by molar-refractivity contribution is 7.92. The van der Waals surface area contributed by atoms with E-state index in [4.69, 9.17) is 0 Å². The second-order valence-corrected chi connectivity index (χ2v) is 14.3. The van der Waals surface area contributed by atoms with E-state index < -0.39 is 34.0 Å². The normalized spacial score (nSPS) is 13.4. The van der Waals surface area contributed by atoms with E-state index >= 15 is 0 Å². The maximum absolute atomic E-state index is 13.9. The molecule has 0 aliphatic carbocycles. The second kappa shape index (κ2) is 16.0. The molecule has 2 amide bonds. The molecule has 10 nitrogen and oxygen atoms in total.